The SMILES string of the molecule is CCCCCCCCCCCCCC(CCCC(=O)[O-])OC(=O)CCCCCCCCCCCC.CCCCCCCCCCCCCC(CCCC(=O)[O-])OC(=O)CCCCCCCCCCCC.[Ca+2]. The van der Waals surface area contributed by atoms with Crippen molar-refractivity contribution < 1.29 is 38.9 Å². The molecule has 0 aliphatic carbocycles. The zero-order chi connectivity index (χ0) is 51.6. The molecule has 0 saturated heterocycles. The Morgan fingerprint density at radius 1 is 0.268 bits per heavy atom. The van der Waals surface area contributed by atoms with Gasteiger partial charge in [0.05, 0.1) is 0 Å². The van der Waals surface area contributed by atoms with E-state index in [-0.39, 0.29) is 74.7 Å². The Kier molecular flexibility index (Phi) is 66.5. The molecule has 2 atom stereocenters. The number of hydrogen-bond donors (Lipinski definition) is 0. The topological polar surface area (TPSA) is 133 Å². The molecular formula is C62H118CaO8. The molecule has 416 valence electrons. The molecule has 0 aliphatic rings. The summed E-state index contributed by atoms with van der Waals surface area (Å²) in [6.45, 7) is 9.01. The molecule has 0 bridgehead atoms. The van der Waals surface area contributed by atoms with Gasteiger partial charge in [-0.3, -0.25) is 9.59 Å². The molecule has 0 fully saturated rings. The van der Waals surface area contributed by atoms with Gasteiger partial charge in [-0.15, -0.1) is 0 Å². The summed E-state index contributed by atoms with van der Waals surface area (Å²) in [5.74, 6) is -2.25. The minimum Gasteiger partial charge on any atom is -0.550 e. The zero-order valence-corrected chi connectivity index (χ0v) is 50.1. The van der Waals surface area contributed by atoms with E-state index < -0.39 is 11.9 Å². The summed E-state index contributed by atoms with van der Waals surface area (Å²) < 4.78 is 11.5. The molecule has 0 heterocycles. The van der Waals surface area contributed by atoms with E-state index in [1.807, 2.05) is 0 Å². The summed E-state index contributed by atoms with van der Waals surface area (Å²) in [7, 11) is 0. The van der Waals surface area contributed by atoms with Crippen LogP contribution in [0.4, 0.5) is 0 Å². The number of carbonyl (C=O) groups excluding carboxylic acids is 4. The van der Waals surface area contributed by atoms with Gasteiger partial charge in [-0.05, 0) is 77.0 Å². The van der Waals surface area contributed by atoms with Crippen molar-refractivity contribution in [3.05, 3.63) is 0 Å². The predicted molar refractivity (Wildman–Crippen MR) is 298 cm³/mol. The van der Waals surface area contributed by atoms with Crippen LogP contribution in [0.25, 0.3) is 0 Å². The number of carbonyl (C=O) groups is 4. The zero-order valence-electron chi connectivity index (χ0n) is 47.9. The van der Waals surface area contributed by atoms with Crippen LogP contribution < -0.4 is 10.2 Å². The molecule has 9 heteroatoms. The molecule has 0 N–H and O–H groups in total. The van der Waals surface area contributed by atoms with Crippen LogP contribution in [0.15, 0.2) is 0 Å². The van der Waals surface area contributed by atoms with Crippen LogP contribution in [0.2, 0.25) is 0 Å². The van der Waals surface area contributed by atoms with Crippen molar-refractivity contribution in [2.24, 2.45) is 0 Å². The van der Waals surface area contributed by atoms with Crippen molar-refractivity contribution in [2.75, 3.05) is 0 Å². The summed E-state index contributed by atoms with van der Waals surface area (Å²) in [4.78, 5) is 46.2. The van der Waals surface area contributed by atoms with Crippen LogP contribution in [-0.2, 0) is 28.7 Å². The fraction of sp³-hybridized carbons (Fsp3) is 0.935. The van der Waals surface area contributed by atoms with Gasteiger partial charge in [0, 0.05) is 24.8 Å². The number of esters is 2. The van der Waals surface area contributed by atoms with Gasteiger partial charge in [0.25, 0.3) is 0 Å². The van der Waals surface area contributed by atoms with E-state index in [0.29, 0.717) is 38.5 Å². The first kappa shape index (κ1) is 74.4. The number of unbranched alkanes of at least 4 members (excludes halogenated alkanes) is 38. The Balaban J connectivity index is -0.00000128. The summed E-state index contributed by atoms with van der Waals surface area (Å²) >= 11 is 0. The van der Waals surface area contributed by atoms with Crippen molar-refractivity contribution >= 4 is 61.6 Å². The molecule has 0 amide bonds. The van der Waals surface area contributed by atoms with Crippen molar-refractivity contribution in [1.29, 1.82) is 0 Å². The van der Waals surface area contributed by atoms with Gasteiger partial charge in [-0.1, -0.05) is 272 Å². The number of aliphatic carboxylic acids is 2. The molecule has 0 aromatic rings. The quantitative estimate of drug-likeness (QED) is 0.0334. The standard InChI is InChI=1S/2C31H60O4.Ca/c2*1-3-5-7-9-11-13-15-16-18-20-22-25-29(26-24-27-30(32)33)35-31(34)28-23-21-19-17-14-12-10-8-6-4-2;/h2*29H,3-28H2,1-2H3,(H,32,33);/q;;+2/p-2. The molecule has 0 radical (unpaired) electrons. The van der Waals surface area contributed by atoms with E-state index in [9.17, 15) is 29.4 Å². The molecule has 0 spiro atoms. The largest absolute Gasteiger partial charge is 2.00 e. The molecule has 71 heavy (non-hydrogen) atoms. The van der Waals surface area contributed by atoms with Crippen LogP contribution in [0, 0.1) is 0 Å². The number of carboxylic acids is 2. The van der Waals surface area contributed by atoms with E-state index >= 15 is 0 Å². The van der Waals surface area contributed by atoms with E-state index in [1.54, 1.807) is 0 Å². The minimum atomic E-state index is -1.02. The second-order valence-corrected chi connectivity index (χ2v) is 21.3. The van der Waals surface area contributed by atoms with Crippen LogP contribution in [-0.4, -0.2) is 73.8 Å². The maximum Gasteiger partial charge on any atom is 2.00 e. The van der Waals surface area contributed by atoms with Gasteiger partial charge in [0.15, 0.2) is 0 Å². The Hall–Kier alpha value is -0.860. The van der Waals surface area contributed by atoms with Gasteiger partial charge in [-0.25, -0.2) is 0 Å². The van der Waals surface area contributed by atoms with Crippen molar-refractivity contribution in [1.82, 2.24) is 0 Å². The van der Waals surface area contributed by atoms with Crippen molar-refractivity contribution in [3.8, 4) is 0 Å². The van der Waals surface area contributed by atoms with Crippen molar-refractivity contribution in [2.45, 2.75) is 374 Å². The normalized spacial score (nSPS) is 11.9. The number of rotatable bonds is 56. The summed E-state index contributed by atoms with van der Waals surface area (Å²) in [6, 6.07) is 0. The van der Waals surface area contributed by atoms with E-state index in [4.69, 9.17) is 9.47 Å². The predicted octanol–water partition coefficient (Wildman–Crippen LogP) is 17.3. The fourth-order valence-electron chi connectivity index (χ4n) is 9.55. The number of hydrogen-bond acceptors (Lipinski definition) is 8. The minimum absolute atomic E-state index is 0. The second kappa shape index (κ2) is 63.4. The average Bonchev–Trinajstić information content (AvgIpc) is 3.33. The molecule has 0 saturated carbocycles. The first-order valence-corrected chi connectivity index (χ1v) is 31.0. The maximum absolute atomic E-state index is 12.3. The summed E-state index contributed by atoms with van der Waals surface area (Å²) in [6.07, 6.45) is 58.4. The monoisotopic (exact) mass is 1030 g/mol. The maximum atomic E-state index is 12.3. The second-order valence-electron chi connectivity index (χ2n) is 21.3. The van der Waals surface area contributed by atoms with E-state index in [2.05, 4.69) is 27.7 Å². The molecule has 0 rings (SSSR count). The smallest absolute Gasteiger partial charge is 0.550 e. The van der Waals surface area contributed by atoms with E-state index in [1.165, 1.54) is 231 Å². The number of ether oxygens (including phenoxy) is 2. The molecule has 0 aromatic heterocycles. The third-order valence-corrected chi connectivity index (χ3v) is 14.1. The third kappa shape index (κ3) is 65.2. The van der Waals surface area contributed by atoms with Crippen LogP contribution in [0.5, 0.6) is 0 Å². The van der Waals surface area contributed by atoms with Gasteiger partial charge in [0.2, 0.25) is 0 Å². The Morgan fingerprint density at radius 2 is 0.451 bits per heavy atom. The van der Waals surface area contributed by atoms with Crippen LogP contribution in [0.1, 0.15) is 362 Å². The molecule has 2 unspecified atom stereocenters. The van der Waals surface area contributed by atoms with Crippen molar-refractivity contribution in [3.63, 3.8) is 0 Å². The molecule has 0 aliphatic heterocycles. The van der Waals surface area contributed by atoms with Gasteiger partial charge in [-0.2, -0.15) is 0 Å². The Bertz CT molecular complexity index is 1020. The molecule has 0 aromatic carbocycles. The Labute approximate surface area is 471 Å². The van der Waals surface area contributed by atoms with Gasteiger partial charge < -0.3 is 29.3 Å². The molecular weight excluding hydrogens is 913 g/mol. The van der Waals surface area contributed by atoms with Crippen LogP contribution in [0.3, 0.4) is 0 Å². The summed E-state index contributed by atoms with van der Waals surface area (Å²) in [5.41, 5.74) is 0. The third-order valence-electron chi connectivity index (χ3n) is 14.1. The fourth-order valence-corrected chi connectivity index (χ4v) is 9.55. The van der Waals surface area contributed by atoms with Gasteiger partial charge >= 0.3 is 49.7 Å². The van der Waals surface area contributed by atoms with Gasteiger partial charge in [0.1, 0.15) is 12.2 Å². The van der Waals surface area contributed by atoms with E-state index in [0.717, 1.165) is 51.4 Å². The Morgan fingerprint density at radius 3 is 0.662 bits per heavy atom. The first-order chi connectivity index (χ1) is 34.2. The summed E-state index contributed by atoms with van der Waals surface area (Å²) in [5, 5.41) is 21.5. The molecule has 8 nitrogen and oxygen atoms in total. The average molecular weight is 1030 g/mol. The first-order valence-electron chi connectivity index (χ1n) is 31.0. The number of carboxylic acid groups (broad SMARTS) is 2. The van der Waals surface area contributed by atoms with Crippen LogP contribution >= 0.6 is 0 Å².